The SMILES string of the molecule is C=CCC1(O)CCCC(C(C)C)CC1. The smallest absolute Gasteiger partial charge is 0.0682 e. The quantitative estimate of drug-likeness (QED) is 0.541. The van der Waals surface area contributed by atoms with Crippen LogP contribution in [-0.2, 0) is 0 Å². The normalized spacial score (nSPS) is 34.1. The summed E-state index contributed by atoms with van der Waals surface area (Å²) in [7, 11) is 0. The van der Waals surface area contributed by atoms with Crippen LogP contribution in [0.25, 0.3) is 0 Å². The topological polar surface area (TPSA) is 20.2 Å². The molecule has 0 aliphatic heterocycles. The molecule has 0 aromatic carbocycles. The Morgan fingerprint density at radius 2 is 2.14 bits per heavy atom. The van der Waals surface area contributed by atoms with Crippen LogP contribution in [0.2, 0.25) is 0 Å². The van der Waals surface area contributed by atoms with Crippen molar-refractivity contribution in [2.75, 3.05) is 0 Å². The molecule has 0 bridgehead atoms. The molecule has 0 spiro atoms. The third-order valence-corrected chi connectivity index (χ3v) is 3.66. The minimum Gasteiger partial charge on any atom is -0.390 e. The van der Waals surface area contributed by atoms with Crippen LogP contribution >= 0.6 is 0 Å². The first-order valence-corrected chi connectivity index (χ1v) is 5.91. The summed E-state index contributed by atoms with van der Waals surface area (Å²) in [4.78, 5) is 0. The van der Waals surface area contributed by atoms with Gasteiger partial charge in [-0.15, -0.1) is 6.58 Å². The number of rotatable bonds is 3. The van der Waals surface area contributed by atoms with Crippen LogP contribution in [0.15, 0.2) is 12.7 Å². The molecular weight excluding hydrogens is 172 g/mol. The summed E-state index contributed by atoms with van der Waals surface area (Å²) in [6, 6.07) is 0. The van der Waals surface area contributed by atoms with Gasteiger partial charge in [0.2, 0.25) is 0 Å². The van der Waals surface area contributed by atoms with E-state index in [0.717, 1.165) is 31.1 Å². The van der Waals surface area contributed by atoms with E-state index < -0.39 is 5.60 Å². The highest BCUT2D eigenvalue weighted by Gasteiger charge is 2.30. The highest BCUT2D eigenvalue weighted by molar-refractivity contribution is 4.89. The van der Waals surface area contributed by atoms with Crippen molar-refractivity contribution in [3.8, 4) is 0 Å². The Labute approximate surface area is 88.2 Å². The molecule has 1 N–H and O–H groups in total. The lowest BCUT2D eigenvalue weighted by atomic mass is 9.87. The fraction of sp³-hybridized carbons (Fsp3) is 0.846. The van der Waals surface area contributed by atoms with Crippen LogP contribution in [0.1, 0.15) is 52.4 Å². The van der Waals surface area contributed by atoms with E-state index in [0.29, 0.717) is 0 Å². The molecule has 0 aromatic rings. The number of hydrogen-bond acceptors (Lipinski definition) is 1. The first kappa shape index (κ1) is 11.8. The number of hydrogen-bond donors (Lipinski definition) is 1. The fourth-order valence-corrected chi connectivity index (χ4v) is 2.56. The minimum atomic E-state index is -0.439. The average Bonchev–Trinajstić information content (AvgIpc) is 2.28. The van der Waals surface area contributed by atoms with Gasteiger partial charge in [0.25, 0.3) is 0 Å². The third kappa shape index (κ3) is 3.13. The van der Waals surface area contributed by atoms with Crippen LogP contribution in [0, 0.1) is 11.8 Å². The molecular formula is C13H24O. The van der Waals surface area contributed by atoms with Crippen molar-refractivity contribution in [3.05, 3.63) is 12.7 Å². The molecule has 2 unspecified atom stereocenters. The van der Waals surface area contributed by atoms with Crippen molar-refractivity contribution < 1.29 is 5.11 Å². The van der Waals surface area contributed by atoms with Crippen molar-refractivity contribution >= 4 is 0 Å². The van der Waals surface area contributed by atoms with Gasteiger partial charge in [0.15, 0.2) is 0 Å². The van der Waals surface area contributed by atoms with E-state index in [1.807, 2.05) is 6.08 Å². The van der Waals surface area contributed by atoms with E-state index in [2.05, 4.69) is 20.4 Å². The van der Waals surface area contributed by atoms with Crippen LogP contribution in [0.5, 0.6) is 0 Å². The van der Waals surface area contributed by atoms with Crippen molar-refractivity contribution in [2.45, 2.75) is 58.0 Å². The zero-order chi connectivity index (χ0) is 10.6. The van der Waals surface area contributed by atoms with Crippen LogP contribution < -0.4 is 0 Å². The molecule has 0 amide bonds. The van der Waals surface area contributed by atoms with Gasteiger partial charge in [0.1, 0.15) is 0 Å². The molecule has 1 fully saturated rings. The molecule has 1 aliphatic carbocycles. The molecule has 0 radical (unpaired) electrons. The predicted octanol–water partition coefficient (Wildman–Crippen LogP) is 3.53. The van der Waals surface area contributed by atoms with E-state index in [4.69, 9.17) is 0 Å². The molecule has 0 saturated heterocycles. The minimum absolute atomic E-state index is 0.439. The molecule has 1 heteroatoms. The number of aliphatic hydroxyl groups is 1. The van der Waals surface area contributed by atoms with Crippen LogP contribution in [0.3, 0.4) is 0 Å². The maximum atomic E-state index is 10.3. The maximum Gasteiger partial charge on any atom is 0.0682 e. The molecule has 1 aliphatic rings. The Morgan fingerprint density at radius 3 is 2.71 bits per heavy atom. The summed E-state index contributed by atoms with van der Waals surface area (Å²) in [5, 5.41) is 10.3. The Hall–Kier alpha value is -0.300. The average molecular weight is 196 g/mol. The van der Waals surface area contributed by atoms with E-state index in [1.54, 1.807) is 0 Å². The monoisotopic (exact) mass is 196 g/mol. The van der Waals surface area contributed by atoms with Gasteiger partial charge in [-0.05, 0) is 37.5 Å². The Bertz CT molecular complexity index is 186. The van der Waals surface area contributed by atoms with E-state index in [-0.39, 0.29) is 0 Å². The molecule has 82 valence electrons. The molecule has 2 atom stereocenters. The molecule has 1 saturated carbocycles. The van der Waals surface area contributed by atoms with Gasteiger partial charge in [-0.25, -0.2) is 0 Å². The van der Waals surface area contributed by atoms with Crippen molar-refractivity contribution in [1.29, 1.82) is 0 Å². The lowest BCUT2D eigenvalue weighted by Gasteiger charge is -2.25. The predicted molar refractivity (Wildman–Crippen MR) is 61.2 cm³/mol. The summed E-state index contributed by atoms with van der Waals surface area (Å²) >= 11 is 0. The second-order valence-corrected chi connectivity index (χ2v) is 5.15. The van der Waals surface area contributed by atoms with Gasteiger partial charge in [0.05, 0.1) is 5.60 Å². The molecule has 0 heterocycles. The Morgan fingerprint density at radius 1 is 1.43 bits per heavy atom. The summed E-state index contributed by atoms with van der Waals surface area (Å²) in [6.07, 6.45) is 8.18. The van der Waals surface area contributed by atoms with E-state index in [1.165, 1.54) is 19.3 Å². The second kappa shape index (κ2) is 4.97. The van der Waals surface area contributed by atoms with Gasteiger partial charge < -0.3 is 5.11 Å². The lowest BCUT2D eigenvalue weighted by molar-refractivity contribution is 0.0264. The zero-order valence-corrected chi connectivity index (χ0v) is 9.63. The van der Waals surface area contributed by atoms with E-state index in [9.17, 15) is 5.11 Å². The van der Waals surface area contributed by atoms with Gasteiger partial charge in [-0.2, -0.15) is 0 Å². The third-order valence-electron chi connectivity index (χ3n) is 3.66. The van der Waals surface area contributed by atoms with Crippen LogP contribution in [0.4, 0.5) is 0 Å². The molecule has 0 aromatic heterocycles. The van der Waals surface area contributed by atoms with Crippen molar-refractivity contribution in [3.63, 3.8) is 0 Å². The highest BCUT2D eigenvalue weighted by Crippen LogP contribution is 2.35. The Kier molecular flexibility index (Phi) is 4.18. The summed E-state index contributed by atoms with van der Waals surface area (Å²) in [5.41, 5.74) is -0.439. The first-order valence-electron chi connectivity index (χ1n) is 5.91. The second-order valence-electron chi connectivity index (χ2n) is 5.15. The summed E-state index contributed by atoms with van der Waals surface area (Å²) in [6.45, 7) is 8.31. The summed E-state index contributed by atoms with van der Waals surface area (Å²) < 4.78 is 0. The molecule has 14 heavy (non-hydrogen) atoms. The Balaban J connectivity index is 2.51. The van der Waals surface area contributed by atoms with Gasteiger partial charge in [-0.1, -0.05) is 32.8 Å². The first-order chi connectivity index (χ1) is 6.57. The fourth-order valence-electron chi connectivity index (χ4n) is 2.56. The highest BCUT2D eigenvalue weighted by atomic mass is 16.3. The van der Waals surface area contributed by atoms with Gasteiger partial charge in [-0.3, -0.25) is 0 Å². The summed E-state index contributed by atoms with van der Waals surface area (Å²) in [5.74, 6) is 1.58. The van der Waals surface area contributed by atoms with Gasteiger partial charge in [0, 0.05) is 0 Å². The largest absolute Gasteiger partial charge is 0.390 e. The van der Waals surface area contributed by atoms with Gasteiger partial charge >= 0.3 is 0 Å². The van der Waals surface area contributed by atoms with E-state index >= 15 is 0 Å². The van der Waals surface area contributed by atoms with Crippen LogP contribution in [-0.4, -0.2) is 10.7 Å². The molecule has 1 rings (SSSR count). The van der Waals surface area contributed by atoms with Crippen molar-refractivity contribution in [2.24, 2.45) is 11.8 Å². The standard InChI is InChI=1S/C13H24O/c1-4-8-13(14)9-5-6-12(7-10-13)11(2)3/h4,11-12,14H,1,5-10H2,2-3H3. The zero-order valence-electron chi connectivity index (χ0n) is 9.63. The maximum absolute atomic E-state index is 10.3. The van der Waals surface area contributed by atoms with Crippen molar-refractivity contribution in [1.82, 2.24) is 0 Å². The lowest BCUT2D eigenvalue weighted by Crippen LogP contribution is -2.26. The molecule has 1 nitrogen and oxygen atoms in total.